The number of rotatable bonds is 5. The Morgan fingerprint density at radius 2 is 2.30 bits per heavy atom. The summed E-state index contributed by atoms with van der Waals surface area (Å²) in [5.74, 6) is -0.109. The third-order valence-electron chi connectivity index (χ3n) is 3.33. The van der Waals surface area contributed by atoms with Gasteiger partial charge in [-0.3, -0.25) is 4.79 Å². The molecular weight excluding hydrogens is 344 g/mol. The number of hydrogen-bond donors (Lipinski definition) is 0. The van der Waals surface area contributed by atoms with Gasteiger partial charge in [0.05, 0.1) is 16.6 Å². The second-order valence-electron chi connectivity index (χ2n) is 4.88. The molecule has 0 N–H and O–H groups in total. The van der Waals surface area contributed by atoms with Crippen LogP contribution in [0.4, 0.5) is 0 Å². The minimum absolute atomic E-state index is 0.109. The van der Waals surface area contributed by atoms with Crippen molar-refractivity contribution in [2.75, 3.05) is 6.26 Å². The molecule has 0 aliphatic heterocycles. The minimum atomic E-state index is -0.109. The van der Waals surface area contributed by atoms with Crippen LogP contribution in [0.15, 0.2) is 58.3 Å². The molecule has 1 aromatic carbocycles. The van der Waals surface area contributed by atoms with Crippen molar-refractivity contribution < 1.29 is 4.79 Å². The van der Waals surface area contributed by atoms with Crippen molar-refractivity contribution >= 4 is 50.6 Å². The van der Waals surface area contributed by atoms with Gasteiger partial charge in [0.25, 0.3) is 5.91 Å². The largest absolute Gasteiger partial charge is 0.313 e. The number of aromatic nitrogens is 1. The lowest BCUT2D eigenvalue weighted by Gasteiger charge is -2.01. The molecule has 0 radical (unpaired) electrons. The van der Waals surface area contributed by atoms with Crippen molar-refractivity contribution in [3.63, 3.8) is 0 Å². The number of hydrogen-bond acceptors (Lipinski definition) is 4. The van der Waals surface area contributed by atoms with Gasteiger partial charge in [0, 0.05) is 16.3 Å². The zero-order valence-electron chi connectivity index (χ0n) is 12.7. The summed E-state index contributed by atoms with van der Waals surface area (Å²) in [4.78, 5) is 19.6. The highest BCUT2D eigenvalue weighted by Crippen LogP contribution is 2.24. The van der Waals surface area contributed by atoms with E-state index in [1.165, 1.54) is 4.90 Å². The number of thiophene rings is 1. The molecule has 0 spiro atoms. The van der Waals surface area contributed by atoms with E-state index >= 15 is 0 Å². The molecule has 0 aliphatic carbocycles. The van der Waals surface area contributed by atoms with Crippen LogP contribution in [0, 0.1) is 0 Å². The minimum Gasteiger partial charge on any atom is -0.313 e. The average molecular weight is 361 g/mol. The van der Waals surface area contributed by atoms with Gasteiger partial charge in [-0.1, -0.05) is 23.5 Å². The van der Waals surface area contributed by atoms with Crippen LogP contribution in [0.5, 0.6) is 0 Å². The lowest BCUT2D eigenvalue weighted by Crippen LogP contribution is -2.16. The van der Waals surface area contributed by atoms with E-state index in [4.69, 9.17) is 0 Å². The number of carbonyl (C=O) groups is 1. The molecule has 0 atom stereocenters. The maximum absolute atomic E-state index is 12.2. The number of nitrogens with zero attached hydrogens (tertiary/aromatic N) is 2. The van der Waals surface area contributed by atoms with Crippen LogP contribution in [0.3, 0.4) is 0 Å². The summed E-state index contributed by atoms with van der Waals surface area (Å²) in [5, 5.41) is 1.98. The van der Waals surface area contributed by atoms with Crippen molar-refractivity contribution in [3.8, 4) is 0 Å². The molecule has 0 bridgehead atoms. The molecule has 3 rings (SSSR count). The second kappa shape index (κ2) is 7.29. The fourth-order valence-corrected chi connectivity index (χ4v) is 4.59. The number of fused-ring (bicyclic) bond motifs is 1. The molecule has 0 unspecified atom stereocenters. The van der Waals surface area contributed by atoms with Crippen molar-refractivity contribution in [3.05, 3.63) is 58.0 Å². The Hall–Kier alpha value is -1.63. The molecule has 3 aromatic rings. The molecule has 0 saturated carbocycles. The summed E-state index contributed by atoms with van der Waals surface area (Å²) in [7, 11) is 0. The molecule has 0 aliphatic rings. The van der Waals surface area contributed by atoms with Crippen molar-refractivity contribution in [1.82, 2.24) is 4.57 Å². The first-order chi connectivity index (χ1) is 11.2. The molecule has 2 aromatic heterocycles. The van der Waals surface area contributed by atoms with E-state index in [-0.39, 0.29) is 5.91 Å². The Bertz CT molecular complexity index is 904. The van der Waals surface area contributed by atoms with Gasteiger partial charge in [-0.15, -0.1) is 29.7 Å². The standard InChI is InChI=1S/C17H16N2OS3/c1-3-8-19-14-7-6-12(21-2)10-15(14)23-17(19)18-16(20)11-13-5-4-9-22-13/h3-7,9-10H,1,8,11H2,2H3. The van der Waals surface area contributed by atoms with E-state index in [0.29, 0.717) is 13.0 Å². The maximum atomic E-state index is 12.2. The fraction of sp³-hybridized carbons (Fsp3) is 0.176. The monoisotopic (exact) mass is 360 g/mol. The summed E-state index contributed by atoms with van der Waals surface area (Å²) < 4.78 is 3.19. The number of amides is 1. The van der Waals surface area contributed by atoms with Crippen LogP contribution in [-0.2, 0) is 17.8 Å². The molecule has 2 heterocycles. The number of benzene rings is 1. The van der Waals surface area contributed by atoms with Gasteiger partial charge >= 0.3 is 0 Å². The van der Waals surface area contributed by atoms with Gasteiger partial charge in [0.2, 0.25) is 0 Å². The predicted molar refractivity (Wildman–Crippen MR) is 100 cm³/mol. The highest BCUT2D eigenvalue weighted by atomic mass is 32.2. The van der Waals surface area contributed by atoms with Crippen LogP contribution in [0.1, 0.15) is 4.88 Å². The van der Waals surface area contributed by atoms with Crippen LogP contribution in [-0.4, -0.2) is 16.7 Å². The molecular formula is C17H16N2OS3. The quantitative estimate of drug-likeness (QED) is 0.501. The maximum Gasteiger partial charge on any atom is 0.253 e. The summed E-state index contributed by atoms with van der Waals surface area (Å²) in [6.45, 7) is 4.45. The molecule has 118 valence electrons. The SMILES string of the molecule is C=CCn1c(=NC(=O)Cc2cccs2)sc2cc(SC)ccc21. The molecule has 3 nitrogen and oxygen atoms in total. The van der Waals surface area contributed by atoms with Crippen LogP contribution >= 0.6 is 34.4 Å². The van der Waals surface area contributed by atoms with Gasteiger partial charge < -0.3 is 4.57 Å². The Balaban J connectivity index is 2.04. The van der Waals surface area contributed by atoms with Gasteiger partial charge in [-0.25, -0.2) is 0 Å². The van der Waals surface area contributed by atoms with Crippen LogP contribution in [0.2, 0.25) is 0 Å². The van der Waals surface area contributed by atoms with E-state index in [2.05, 4.69) is 36.0 Å². The van der Waals surface area contributed by atoms with Crippen molar-refractivity contribution in [2.45, 2.75) is 17.9 Å². The van der Waals surface area contributed by atoms with Crippen LogP contribution in [0.25, 0.3) is 10.2 Å². The third-order valence-corrected chi connectivity index (χ3v) is 5.97. The molecule has 1 amide bonds. The van der Waals surface area contributed by atoms with E-state index < -0.39 is 0 Å². The zero-order chi connectivity index (χ0) is 16.2. The Labute approximate surface area is 147 Å². The van der Waals surface area contributed by atoms with E-state index in [1.807, 2.05) is 28.2 Å². The first kappa shape index (κ1) is 16.2. The van der Waals surface area contributed by atoms with E-state index in [1.54, 1.807) is 34.4 Å². The summed E-state index contributed by atoms with van der Waals surface area (Å²) >= 11 is 4.85. The second-order valence-corrected chi connectivity index (χ2v) is 7.80. The van der Waals surface area contributed by atoms with E-state index in [0.717, 1.165) is 19.9 Å². The predicted octanol–water partition coefficient (Wildman–Crippen LogP) is 4.34. The number of carbonyl (C=O) groups excluding carboxylic acids is 1. The zero-order valence-corrected chi connectivity index (χ0v) is 15.1. The lowest BCUT2D eigenvalue weighted by molar-refractivity contribution is -0.117. The summed E-state index contributed by atoms with van der Waals surface area (Å²) in [6.07, 6.45) is 4.25. The topological polar surface area (TPSA) is 34.4 Å². The number of thiazole rings is 1. The number of allylic oxidation sites excluding steroid dienone is 1. The highest BCUT2D eigenvalue weighted by Gasteiger charge is 2.08. The molecule has 0 fully saturated rings. The van der Waals surface area contributed by atoms with Crippen LogP contribution < -0.4 is 4.80 Å². The van der Waals surface area contributed by atoms with Gasteiger partial charge in [-0.05, 0) is 35.9 Å². The third kappa shape index (κ3) is 3.65. The summed E-state index contributed by atoms with van der Waals surface area (Å²) in [6, 6.07) is 10.2. The van der Waals surface area contributed by atoms with E-state index in [9.17, 15) is 4.79 Å². The molecule has 23 heavy (non-hydrogen) atoms. The first-order valence-corrected chi connectivity index (χ1v) is 10.0. The first-order valence-electron chi connectivity index (χ1n) is 7.09. The highest BCUT2D eigenvalue weighted by molar-refractivity contribution is 7.98. The smallest absolute Gasteiger partial charge is 0.253 e. The Kier molecular flexibility index (Phi) is 5.15. The lowest BCUT2D eigenvalue weighted by atomic mass is 10.3. The normalized spacial score (nSPS) is 12.0. The number of thioether (sulfide) groups is 1. The van der Waals surface area contributed by atoms with Crippen molar-refractivity contribution in [1.29, 1.82) is 0 Å². The summed E-state index contributed by atoms with van der Waals surface area (Å²) in [5.41, 5.74) is 1.09. The Morgan fingerprint density at radius 3 is 3.00 bits per heavy atom. The molecule has 0 saturated heterocycles. The van der Waals surface area contributed by atoms with Gasteiger partial charge in [-0.2, -0.15) is 4.99 Å². The van der Waals surface area contributed by atoms with Gasteiger partial charge in [0.15, 0.2) is 4.80 Å². The van der Waals surface area contributed by atoms with Crippen molar-refractivity contribution in [2.24, 2.45) is 4.99 Å². The van der Waals surface area contributed by atoms with Gasteiger partial charge in [0.1, 0.15) is 0 Å². The Morgan fingerprint density at radius 1 is 1.43 bits per heavy atom. The fourth-order valence-electron chi connectivity index (χ4n) is 2.28. The average Bonchev–Trinajstić information content (AvgIpc) is 3.15. The molecule has 6 heteroatoms.